The predicted molar refractivity (Wildman–Crippen MR) is 206 cm³/mol. The fourth-order valence-electron chi connectivity index (χ4n) is 7.84. The predicted octanol–water partition coefficient (Wildman–Crippen LogP) is 12.2. The van der Waals surface area contributed by atoms with Gasteiger partial charge in [-0.1, -0.05) is 128 Å². The lowest BCUT2D eigenvalue weighted by Crippen LogP contribution is -2.05. The fraction of sp³-hybridized carbons (Fsp3) is 0.109. The molecule has 8 aromatic rings. The first kappa shape index (κ1) is 29.6. The number of allylic oxidation sites excluding steroid dienone is 5. The van der Waals surface area contributed by atoms with Gasteiger partial charge in [-0.3, -0.25) is 0 Å². The van der Waals surface area contributed by atoms with Gasteiger partial charge in [0.1, 0.15) is 22.5 Å². The normalized spacial score (nSPS) is 16.9. The van der Waals surface area contributed by atoms with Crippen LogP contribution in [0.3, 0.4) is 0 Å². The molecule has 2 aliphatic carbocycles. The molecule has 5 nitrogen and oxygen atoms in total. The van der Waals surface area contributed by atoms with Gasteiger partial charge in [0.2, 0.25) is 0 Å². The van der Waals surface area contributed by atoms with Gasteiger partial charge in [-0.05, 0) is 54.2 Å². The van der Waals surface area contributed by atoms with Crippen LogP contribution in [0.15, 0.2) is 148 Å². The summed E-state index contributed by atoms with van der Waals surface area (Å²) in [5.74, 6) is 3.47. The zero-order valence-corrected chi connectivity index (χ0v) is 28.1. The van der Waals surface area contributed by atoms with E-state index in [1.54, 1.807) is 0 Å². The van der Waals surface area contributed by atoms with Crippen LogP contribution in [0.4, 0.5) is 0 Å². The third kappa shape index (κ3) is 4.96. The topological polar surface area (TPSA) is 65.0 Å². The number of benzene rings is 5. The number of para-hydroxylation sites is 2. The van der Waals surface area contributed by atoms with Crippen molar-refractivity contribution < 1.29 is 8.83 Å². The highest BCUT2D eigenvalue weighted by atomic mass is 16.3. The van der Waals surface area contributed by atoms with Crippen molar-refractivity contribution in [2.75, 3.05) is 0 Å². The number of aromatic nitrogens is 3. The van der Waals surface area contributed by atoms with Crippen LogP contribution in [0.1, 0.15) is 54.3 Å². The largest absolute Gasteiger partial charge is 0.456 e. The molecule has 2 aliphatic rings. The van der Waals surface area contributed by atoms with Crippen LogP contribution in [-0.4, -0.2) is 15.0 Å². The van der Waals surface area contributed by atoms with Crippen molar-refractivity contribution in [3.05, 3.63) is 162 Å². The minimum absolute atomic E-state index is 0.305. The second kappa shape index (κ2) is 11.9. The Kier molecular flexibility index (Phi) is 6.91. The van der Waals surface area contributed by atoms with E-state index in [-0.39, 0.29) is 0 Å². The van der Waals surface area contributed by atoms with E-state index in [9.17, 15) is 0 Å². The summed E-state index contributed by atoms with van der Waals surface area (Å²) in [6.45, 7) is 2.27. The van der Waals surface area contributed by atoms with Gasteiger partial charge in [-0.15, -0.1) is 0 Å². The Labute approximate surface area is 295 Å². The molecule has 5 heteroatoms. The van der Waals surface area contributed by atoms with E-state index in [1.807, 2.05) is 30.3 Å². The summed E-state index contributed by atoms with van der Waals surface area (Å²) >= 11 is 0. The SMILES string of the molecule is CC1CC=Cc2oc3c(-c4ccc5oc6ccccc6c5c4-c4nc(C5=CCC(c6ccccc6)C=C5)nc(-c5ccccc5)n4)cccc3c21. The van der Waals surface area contributed by atoms with E-state index < -0.39 is 0 Å². The standard InChI is InChI=1S/C46H33N3O2/c1-28-12-10-21-38-40(28)36-19-11-18-34(43(36)51-38)33-26-27-39-41(35-17-8-9-20-37(35)50-39)42(33)46-48-44(31-15-6-3-7-16-31)47-45(49-46)32-24-22-30(23-25-32)29-13-4-2-5-14-29/h2-11,13-22,24-28,30H,12,23H2,1H3. The van der Waals surface area contributed by atoms with Gasteiger partial charge in [0.05, 0.1) is 0 Å². The average Bonchev–Trinajstić information content (AvgIpc) is 3.78. The molecule has 0 saturated heterocycles. The van der Waals surface area contributed by atoms with Crippen LogP contribution in [0.25, 0.3) is 78.5 Å². The second-order valence-electron chi connectivity index (χ2n) is 13.5. The summed E-state index contributed by atoms with van der Waals surface area (Å²) in [4.78, 5) is 15.7. The Hall–Kier alpha value is -6.33. The monoisotopic (exact) mass is 659 g/mol. The second-order valence-corrected chi connectivity index (χ2v) is 13.5. The van der Waals surface area contributed by atoms with Crippen molar-refractivity contribution in [2.24, 2.45) is 0 Å². The van der Waals surface area contributed by atoms with Crippen molar-refractivity contribution >= 4 is 44.6 Å². The first-order valence-corrected chi connectivity index (χ1v) is 17.6. The van der Waals surface area contributed by atoms with E-state index in [2.05, 4.69) is 122 Å². The van der Waals surface area contributed by atoms with Crippen LogP contribution in [0, 0.1) is 0 Å². The zero-order valence-electron chi connectivity index (χ0n) is 28.1. The maximum atomic E-state index is 6.70. The molecule has 2 unspecified atom stereocenters. The van der Waals surface area contributed by atoms with Crippen LogP contribution in [0.2, 0.25) is 0 Å². The molecule has 0 spiro atoms. The van der Waals surface area contributed by atoms with E-state index in [0.717, 1.165) is 79.3 Å². The third-order valence-corrected chi connectivity index (χ3v) is 10.3. The molecule has 0 saturated carbocycles. The lowest BCUT2D eigenvalue weighted by molar-refractivity contribution is 0.587. The lowest BCUT2D eigenvalue weighted by atomic mass is 9.89. The summed E-state index contributed by atoms with van der Waals surface area (Å²) < 4.78 is 13.2. The number of fused-ring (bicyclic) bond motifs is 6. The number of furan rings is 2. The molecule has 244 valence electrons. The van der Waals surface area contributed by atoms with E-state index >= 15 is 0 Å². The Morgan fingerprint density at radius 1 is 0.608 bits per heavy atom. The first-order chi connectivity index (χ1) is 25.2. The minimum atomic E-state index is 0.305. The quantitative estimate of drug-likeness (QED) is 0.184. The molecule has 51 heavy (non-hydrogen) atoms. The number of nitrogens with zero attached hydrogens (tertiary/aromatic N) is 3. The molecule has 0 fully saturated rings. The summed E-state index contributed by atoms with van der Waals surface area (Å²) in [5.41, 5.74) is 9.82. The van der Waals surface area contributed by atoms with Crippen molar-refractivity contribution in [2.45, 2.75) is 31.6 Å². The van der Waals surface area contributed by atoms with Gasteiger partial charge in [0.25, 0.3) is 0 Å². The van der Waals surface area contributed by atoms with E-state index in [4.69, 9.17) is 23.8 Å². The Balaban J connectivity index is 1.23. The number of hydrogen-bond acceptors (Lipinski definition) is 5. The number of hydrogen-bond donors (Lipinski definition) is 0. The summed E-state index contributed by atoms with van der Waals surface area (Å²) in [6.07, 6.45) is 12.9. The van der Waals surface area contributed by atoms with E-state index in [0.29, 0.717) is 29.3 Å². The molecule has 0 bridgehead atoms. The van der Waals surface area contributed by atoms with Gasteiger partial charge in [-0.25, -0.2) is 15.0 Å². The van der Waals surface area contributed by atoms with Crippen LogP contribution in [-0.2, 0) is 0 Å². The van der Waals surface area contributed by atoms with Crippen molar-refractivity contribution in [3.8, 4) is 33.9 Å². The van der Waals surface area contributed by atoms with Gasteiger partial charge in [0.15, 0.2) is 17.5 Å². The maximum absolute atomic E-state index is 6.70. The van der Waals surface area contributed by atoms with Crippen molar-refractivity contribution in [3.63, 3.8) is 0 Å². The molecule has 0 aliphatic heterocycles. The van der Waals surface area contributed by atoms with Gasteiger partial charge in [-0.2, -0.15) is 0 Å². The number of rotatable bonds is 5. The van der Waals surface area contributed by atoms with Gasteiger partial charge in [0, 0.05) is 49.9 Å². The van der Waals surface area contributed by atoms with Gasteiger partial charge < -0.3 is 8.83 Å². The van der Waals surface area contributed by atoms with Crippen molar-refractivity contribution in [1.29, 1.82) is 0 Å². The molecule has 5 aromatic carbocycles. The summed E-state index contributed by atoms with van der Waals surface area (Å²) in [7, 11) is 0. The van der Waals surface area contributed by atoms with Crippen LogP contribution < -0.4 is 0 Å². The Morgan fingerprint density at radius 2 is 1.37 bits per heavy atom. The average molecular weight is 660 g/mol. The first-order valence-electron chi connectivity index (χ1n) is 17.6. The molecule has 0 N–H and O–H groups in total. The molecule has 0 amide bonds. The summed E-state index contributed by atoms with van der Waals surface area (Å²) in [6, 6.07) is 39.6. The molecule has 2 atom stereocenters. The highest BCUT2D eigenvalue weighted by molar-refractivity contribution is 6.16. The van der Waals surface area contributed by atoms with Crippen LogP contribution >= 0.6 is 0 Å². The third-order valence-electron chi connectivity index (χ3n) is 10.3. The smallest absolute Gasteiger partial charge is 0.165 e. The molecule has 10 rings (SSSR count). The fourth-order valence-corrected chi connectivity index (χ4v) is 7.84. The highest BCUT2D eigenvalue weighted by Gasteiger charge is 2.27. The minimum Gasteiger partial charge on any atom is -0.456 e. The zero-order chi connectivity index (χ0) is 33.9. The molecule has 3 heterocycles. The maximum Gasteiger partial charge on any atom is 0.165 e. The van der Waals surface area contributed by atoms with Gasteiger partial charge >= 0.3 is 0 Å². The Bertz CT molecular complexity index is 2720. The molecule has 3 aromatic heterocycles. The lowest BCUT2D eigenvalue weighted by Gasteiger charge is -2.17. The highest BCUT2D eigenvalue weighted by Crippen LogP contribution is 2.46. The van der Waals surface area contributed by atoms with Crippen LogP contribution in [0.5, 0.6) is 0 Å². The molecular weight excluding hydrogens is 627 g/mol. The van der Waals surface area contributed by atoms with E-state index in [1.165, 1.54) is 11.1 Å². The molecule has 0 radical (unpaired) electrons. The Morgan fingerprint density at radius 3 is 2.22 bits per heavy atom. The summed E-state index contributed by atoms with van der Waals surface area (Å²) in [5, 5.41) is 3.13. The van der Waals surface area contributed by atoms with Crippen molar-refractivity contribution in [1.82, 2.24) is 15.0 Å². The molecular formula is C46H33N3O2.